The van der Waals surface area contributed by atoms with Crippen LogP contribution in [0, 0.1) is 5.92 Å². The highest BCUT2D eigenvalue weighted by Gasteiger charge is 2.57. The van der Waals surface area contributed by atoms with E-state index >= 15 is 0 Å². The monoisotopic (exact) mass is 705 g/mol. The fourth-order valence-corrected chi connectivity index (χ4v) is 5.57. The number of carbonyl (C=O) groups is 3. The summed E-state index contributed by atoms with van der Waals surface area (Å²) in [6.07, 6.45) is 3.64. The SMILES string of the molecule is CC1(C)C(NC(=O)/C(=N\O[C@@H](COc2ccc(Nc3cc[n+](CC4CNC4)cc3)nc2)C(=O)O)c2csc(N)n2)C(=O)N1OS(=O)(=O)[O-]. The number of ether oxygens (including phenoxy) is 1. The number of rotatable bonds is 15. The first-order valence-electron chi connectivity index (χ1n) is 14.2. The number of amides is 2. The van der Waals surface area contributed by atoms with Crippen molar-refractivity contribution in [3.63, 3.8) is 0 Å². The summed E-state index contributed by atoms with van der Waals surface area (Å²) in [6.45, 7) is 5.09. The number of nitrogens with one attached hydrogen (secondary N) is 3. The predicted molar refractivity (Wildman–Crippen MR) is 165 cm³/mol. The summed E-state index contributed by atoms with van der Waals surface area (Å²) in [4.78, 5) is 51.0. The summed E-state index contributed by atoms with van der Waals surface area (Å²) >= 11 is 0.948. The van der Waals surface area contributed by atoms with Crippen molar-refractivity contribution < 1.29 is 50.9 Å². The minimum absolute atomic E-state index is 0.0481. The fourth-order valence-electron chi connectivity index (χ4n) is 4.58. The average molecular weight is 706 g/mol. The van der Waals surface area contributed by atoms with E-state index in [0.717, 1.165) is 36.7 Å². The van der Waals surface area contributed by atoms with Crippen molar-refractivity contribution in [2.75, 3.05) is 30.7 Å². The van der Waals surface area contributed by atoms with Gasteiger partial charge in [0.2, 0.25) is 10.4 Å². The summed E-state index contributed by atoms with van der Waals surface area (Å²) < 4.78 is 44.8. The van der Waals surface area contributed by atoms with E-state index in [9.17, 15) is 32.5 Å². The number of β-lactam (4-membered cyclic amide) rings is 1. The van der Waals surface area contributed by atoms with E-state index in [-0.39, 0.29) is 16.6 Å². The molecule has 1 unspecified atom stereocenters. The van der Waals surface area contributed by atoms with Crippen molar-refractivity contribution >= 4 is 61.9 Å². The Morgan fingerprint density at radius 2 is 2.02 bits per heavy atom. The minimum Gasteiger partial charge on any atom is -0.724 e. The molecule has 5 rings (SSSR count). The lowest BCUT2D eigenvalue weighted by Gasteiger charge is -2.51. The number of nitrogens with zero attached hydrogens (tertiary/aromatic N) is 5. The first-order valence-corrected chi connectivity index (χ1v) is 16.4. The summed E-state index contributed by atoms with van der Waals surface area (Å²) in [5, 5.41) is 23.9. The number of nitrogen functional groups attached to an aromatic ring is 1. The number of thiazole rings is 1. The molecule has 0 aromatic carbocycles. The van der Waals surface area contributed by atoms with Gasteiger partial charge in [-0.05, 0) is 26.0 Å². The molecule has 0 bridgehead atoms. The summed E-state index contributed by atoms with van der Waals surface area (Å²) in [6, 6.07) is 5.71. The van der Waals surface area contributed by atoms with Gasteiger partial charge in [0.15, 0.2) is 29.8 Å². The number of carboxylic acids is 1. The van der Waals surface area contributed by atoms with Gasteiger partial charge in [-0.3, -0.25) is 9.59 Å². The third-order valence-corrected chi connectivity index (χ3v) is 8.29. The summed E-state index contributed by atoms with van der Waals surface area (Å²) in [7, 11) is -5.27. The minimum atomic E-state index is -5.27. The number of aliphatic carboxylic acids is 1. The van der Waals surface area contributed by atoms with E-state index in [4.69, 9.17) is 15.3 Å². The first kappa shape index (κ1) is 34.4. The Kier molecular flexibility index (Phi) is 10.0. The topological polar surface area (TPSA) is 264 Å². The van der Waals surface area contributed by atoms with Crippen LogP contribution in [0.1, 0.15) is 19.5 Å². The third-order valence-electron chi connectivity index (χ3n) is 7.28. The van der Waals surface area contributed by atoms with Gasteiger partial charge in [0, 0.05) is 36.5 Å². The lowest BCUT2D eigenvalue weighted by molar-refractivity contribution is -0.703. The quantitative estimate of drug-likeness (QED) is 0.0321. The van der Waals surface area contributed by atoms with E-state index in [1.807, 2.05) is 24.5 Å². The molecule has 3 aromatic rings. The molecule has 48 heavy (non-hydrogen) atoms. The van der Waals surface area contributed by atoms with Gasteiger partial charge in [0.1, 0.15) is 29.9 Å². The lowest BCUT2D eigenvalue weighted by atomic mass is 9.84. The summed E-state index contributed by atoms with van der Waals surface area (Å²) in [5.74, 6) is -2.18. The van der Waals surface area contributed by atoms with Crippen LogP contribution in [0.3, 0.4) is 0 Å². The molecule has 3 aromatic heterocycles. The zero-order valence-electron chi connectivity index (χ0n) is 25.4. The first-order chi connectivity index (χ1) is 22.7. The van der Waals surface area contributed by atoms with Crippen LogP contribution in [0.5, 0.6) is 5.75 Å². The van der Waals surface area contributed by atoms with Gasteiger partial charge in [-0.15, -0.1) is 11.3 Å². The number of nitrogens with two attached hydrogens (primary N) is 1. The highest BCUT2D eigenvalue weighted by Crippen LogP contribution is 2.33. The zero-order chi connectivity index (χ0) is 34.6. The van der Waals surface area contributed by atoms with Crippen LogP contribution < -0.4 is 31.0 Å². The second kappa shape index (κ2) is 14.0. The van der Waals surface area contributed by atoms with Crippen molar-refractivity contribution in [1.82, 2.24) is 25.7 Å². The van der Waals surface area contributed by atoms with Gasteiger partial charge in [-0.2, -0.15) is 9.35 Å². The molecule has 2 saturated heterocycles. The number of aromatic nitrogens is 3. The molecule has 0 saturated carbocycles. The maximum absolute atomic E-state index is 13.2. The second-order valence-electron chi connectivity index (χ2n) is 11.2. The zero-order valence-corrected chi connectivity index (χ0v) is 27.1. The molecule has 0 radical (unpaired) electrons. The van der Waals surface area contributed by atoms with Crippen LogP contribution >= 0.6 is 11.3 Å². The number of hydrogen-bond donors (Lipinski definition) is 5. The van der Waals surface area contributed by atoms with Gasteiger partial charge in [0.05, 0.1) is 17.4 Å². The molecule has 2 aliphatic rings. The van der Waals surface area contributed by atoms with Gasteiger partial charge >= 0.3 is 5.97 Å². The highest BCUT2D eigenvalue weighted by atomic mass is 32.3. The Morgan fingerprint density at radius 3 is 2.56 bits per heavy atom. The number of carboxylic acid groups (broad SMARTS) is 1. The van der Waals surface area contributed by atoms with Crippen molar-refractivity contribution in [1.29, 1.82) is 0 Å². The Balaban J connectivity index is 1.20. The molecule has 19 nitrogen and oxygen atoms in total. The number of pyridine rings is 2. The van der Waals surface area contributed by atoms with Crippen molar-refractivity contribution in [3.05, 3.63) is 53.9 Å². The fraction of sp³-hybridized carbons (Fsp3) is 0.370. The van der Waals surface area contributed by atoms with Gasteiger partial charge in [-0.25, -0.2) is 27.7 Å². The molecular formula is C27H31N9O10S2. The normalized spacial score (nSPS) is 18.3. The largest absolute Gasteiger partial charge is 0.724 e. The van der Waals surface area contributed by atoms with Crippen molar-refractivity contribution in [2.45, 2.75) is 38.1 Å². The Morgan fingerprint density at radius 1 is 1.29 bits per heavy atom. The van der Waals surface area contributed by atoms with E-state index < -0.39 is 58.2 Å². The molecule has 5 heterocycles. The number of hydroxylamine groups is 2. The Bertz CT molecular complexity index is 1800. The Labute approximate surface area is 277 Å². The predicted octanol–water partition coefficient (Wildman–Crippen LogP) is -0.879. The summed E-state index contributed by atoms with van der Waals surface area (Å²) in [5.41, 5.74) is 4.40. The molecule has 0 spiro atoms. The maximum atomic E-state index is 13.2. The number of anilines is 3. The van der Waals surface area contributed by atoms with Gasteiger partial charge in [0.25, 0.3) is 17.9 Å². The van der Waals surface area contributed by atoms with E-state index in [1.54, 1.807) is 12.1 Å². The van der Waals surface area contributed by atoms with Crippen molar-refractivity contribution in [2.24, 2.45) is 11.1 Å². The maximum Gasteiger partial charge on any atom is 0.351 e. The van der Waals surface area contributed by atoms with Crippen molar-refractivity contribution in [3.8, 4) is 5.75 Å². The van der Waals surface area contributed by atoms with E-state index in [2.05, 4.69) is 39.9 Å². The van der Waals surface area contributed by atoms with E-state index in [0.29, 0.717) is 16.8 Å². The number of hydrogen-bond acceptors (Lipinski definition) is 16. The molecule has 256 valence electrons. The molecule has 2 amide bonds. The lowest BCUT2D eigenvalue weighted by Crippen LogP contribution is -2.76. The standard InChI is InChI=1S/C27H31N9O10S2/c1-27(2)22(24(38)36(27)46-48(41,42)43)33-23(37)21(18-14-47-26(28)32-18)34-45-19(25(39)40)13-44-17-3-4-20(30-11-17)31-16-5-7-35(8-6-16)12-15-9-29-10-15/h3-8,11,14-15,19,22,29H,9-10,12-13H2,1-2H3,(H5,28,32,33,37,39,40,41,42,43)/b34-21-/t19-,22?/m0/s1. The molecule has 2 aliphatic heterocycles. The molecule has 21 heteroatoms. The molecule has 2 atom stereocenters. The molecular weight excluding hydrogens is 674 g/mol. The van der Waals surface area contributed by atoms with Crippen LogP contribution in [-0.2, 0) is 40.4 Å². The van der Waals surface area contributed by atoms with Crippen LogP contribution in [0.4, 0.5) is 16.6 Å². The van der Waals surface area contributed by atoms with Gasteiger partial charge < -0.3 is 40.9 Å². The highest BCUT2D eigenvalue weighted by molar-refractivity contribution is 7.80. The third kappa shape index (κ3) is 8.30. The van der Waals surface area contributed by atoms with Crippen LogP contribution in [0.25, 0.3) is 0 Å². The van der Waals surface area contributed by atoms with Gasteiger partial charge in [-0.1, -0.05) is 5.16 Å². The van der Waals surface area contributed by atoms with Crippen LogP contribution in [0.2, 0.25) is 0 Å². The smallest absolute Gasteiger partial charge is 0.351 e. The number of oxime groups is 1. The molecule has 2 fully saturated rings. The average Bonchev–Trinajstić information content (AvgIpc) is 3.44. The van der Waals surface area contributed by atoms with Crippen LogP contribution in [0.15, 0.2) is 53.4 Å². The van der Waals surface area contributed by atoms with E-state index in [1.165, 1.54) is 25.4 Å². The Hall–Kier alpha value is -4.96. The number of carbonyl (C=O) groups excluding carboxylic acids is 2. The van der Waals surface area contributed by atoms with Crippen LogP contribution in [-0.4, -0.2) is 94.0 Å². The second-order valence-corrected chi connectivity index (χ2v) is 13.1. The molecule has 0 aliphatic carbocycles. The molecule has 6 N–H and O–H groups in total.